The lowest BCUT2D eigenvalue weighted by Gasteiger charge is -2.31. The smallest absolute Gasteiger partial charge is 0.0839 e. The van der Waals surface area contributed by atoms with Gasteiger partial charge in [-0.3, -0.25) is 0 Å². The van der Waals surface area contributed by atoms with Crippen molar-refractivity contribution in [3.8, 4) is 0 Å². The molecule has 2 rings (SSSR count). The van der Waals surface area contributed by atoms with Crippen LogP contribution in [0.25, 0.3) is 0 Å². The van der Waals surface area contributed by atoms with Crippen LogP contribution in [0.5, 0.6) is 0 Å². The maximum atomic E-state index is 10.7. The minimum absolute atomic E-state index is 0.192. The largest absolute Gasteiger partial charge is 0.388 e. The molecule has 1 saturated heterocycles. The number of hydrogen-bond acceptors (Lipinski definition) is 4. The van der Waals surface area contributed by atoms with Crippen LogP contribution in [-0.4, -0.2) is 48.5 Å². The molecule has 1 aliphatic rings. The van der Waals surface area contributed by atoms with Gasteiger partial charge in [0.25, 0.3) is 0 Å². The molecule has 1 aliphatic heterocycles. The van der Waals surface area contributed by atoms with Crippen molar-refractivity contribution in [2.24, 2.45) is 5.92 Å². The molecule has 1 heterocycles. The molecule has 0 amide bonds. The molecule has 118 valence electrons. The van der Waals surface area contributed by atoms with Crippen LogP contribution in [0, 0.1) is 5.92 Å². The van der Waals surface area contributed by atoms with Gasteiger partial charge in [0.05, 0.1) is 6.10 Å². The van der Waals surface area contributed by atoms with Gasteiger partial charge in [-0.25, -0.2) is 0 Å². The predicted octanol–water partition coefficient (Wildman–Crippen LogP) is 3.03. The van der Waals surface area contributed by atoms with E-state index in [2.05, 4.69) is 24.1 Å². The van der Waals surface area contributed by atoms with Crippen molar-refractivity contribution in [2.45, 2.75) is 24.8 Å². The Morgan fingerprint density at radius 3 is 2.76 bits per heavy atom. The maximum absolute atomic E-state index is 10.7. The van der Waals surface area contributed by atoms with Crippen molar-refractivity contribution in [2.75, 3.05) is 38.5 Å². The predicted molar refractivity (Wildman–Crippen MR) is 91.3 cm³/mol. The van der Waals surface area contributed by atoms with Crippen LogP contribution < -0.4 is 5.32 Å². The Morgan fingerprint density at radius 1 is 1.38 bits per heavy atom. The number of hydrogen-bond donors (Lipinski definition) is 2. The van der Waals surface area contributed by atoms with Gasteiger partial charge >= 0.3 is 0 Å². The highest BCUT2D eigenvalue weighted by molar-refractivity contribution is 7.99. The zero-order valence-corrected chi connectivity index (χ0v) is 14.4. The molecule has 1 fully saturated rings. The second kappa shape index (κ2) is 8.39. The van der Waals surface area contributed by atoms with Gasteiger partial charge in [0.1, 0.15) is 0 Å². The number of benzene rings is 1. The van der Waals surface area contributed by atoms with Gasteiger partial charge in [-0.15, -0.1) is 11.8 Å². The summed E-state index contributed by atoms with van der Waals surface area (Å²) in [6.07, 6.45) is -0.465. The normalized spacial score (nSPS) is 19.4. The molecule has 0 saturated carbocycles. The lowest BCUT2D eigenvalue weighted by atomic mass is 9.96. The van der Waals surface area contributed by atoms with Crippen LogP contribution in [0.2, 0.25) is 5.02 Å². The Balaban J connectivity index is 2.06. The first-order valence-corrected chi connectivity index (χ1v) is 9.01. The van der Waals surface area contributed by atoms with E-state index >= 15 is 0 Å². The van der Waals surface area contributed by atoms with E-state index in [1.54, 1.807) is 11.8 Å². The van der Waals surface area contributed by atoms with Crippen molar-refractivity contribution >= 4 is 23.4 Å². The Bertz CT molecular complexity index is 452. The van der Waals surface area contributed by atoms with E-state index in [1.165, 1.54) is 0 Å². The maximum Gasteiger partial charge on any atom is 0.0839 e. The van der Waals surface area contributed by atoms with Gasteiger partial charge in [-0.05, 0) is 35.4 Å². The van der Waals surface area contributed by atoms with E-state index in [0.717, 1.165) is 48.9 Å². The molecule has 2 unspecified atom stereocenters. The van der Waals surface area contributed by atoms with Crippen molar-refractivity contribution in [1.29, 1.82) is 0 Å². The Labute approximate surface area is 137 Å². The molecule has 2 atom stereocenters. The fraction of sp³-hybridized carbons (Fsp3) is 0.625. The highest BCUT2D eigenvalue weighted by atomic mass is 35.5. The van der Waals surface area contributed by atoms with Crippen molar-refractivity contribution in [3.05, 3.63) is 28.8 Å². The van der Waals surface area contributed by atoms with Crippen LogP contribution in [-0.2, 0) is 0 Å². The summed E-state index contributed by atoms with van der Waals surface area (Å²) < 4.78 is 0. The monoisotopic (exact) mass is 328 g/mol. The number of halogens is 1. The van der Waals surface area contributed by atoms with Gasteiger partial charge < -0.3 is 15.3 Å². The van der Waals surface area contributed by atoms with Gasteiger partial charge in [0, 0.05) is 42.6 Å². The number of thioether (sulfide) groups is 1. The summed E-state index contributed by atoms with van der Waals surface area (Å²) in [6, 6.07) is 5.84. The molecule has 21 heavy (non-hydrogen) atoms. The summed E-state index contributed by atoms with van der Waals surface area (Å²) in [5, 5.41) is 14.8. The first-order valence-electron chi connectivity index (χ1n) is 7.65. The molecular formula is C16H25ClN2OS. The molecule has 5 heteroatoms. The highest BCUT2D eigenvalue weighted by Crippen LogP contribution is 2.33. The summed E-state index contributed by atoms with van der Waals surface area (Å²) >= 11 is 7.88. The SMILES string of the molecule is CCSc1ccc(Cl)cc1C(O)C(C)CN1CCNCC1. The summed E-state index contributed by atoms with van der Waals surface area (Å²) in [4.78, 5) is 3.56. The summed E-state index contributed by atoms with van der Waals surface area (Å²) in [7, 11) is 0. The molecule has 0 aromatic heterocycles. The average Bonchev–Trinajstić information content (AvgIpc) is 2.49. The number of rotatable bonds is 6. The minimum Gasteiger partial charge on any atom is -0.388 e. The second-order valence-corrected chi connectivity index (χ2v) is 7.33. The third kappa shape index (κ3) is 4.86. The Morgan fingerprint density at radius 2 is 2.10 bits per heavy atom. The van der Waals surface area contributed by atoms with Gasteiger partial charge in [-0.2, -0.15) is 0 Å². The topological polar surface area (TPSA) is 35.5 Å². The number of nitrogens with one attached hydrogen (secondary N) is 1. The molecule has 0 aliphatic carbocycles. The van der Waals surface area contributed by atoms with Crippen LogP contribution in [0.1, 0.15) is 25.5 Å². The molecular weight excluding hydrogens is 304 g/mol. The number of nitrogens with zero attached hydrogens (tertiary/aromatic N) is 1. The first-order chi connectivity index (χ1) is 10.1. The van der Waals surface area contributed by atoms with Crippen LogP contribution in [0.4, 0.5) is 0 Å². The number of aliphatic hydroxyl groups excluding tert-OH is 1. The zero-order chi connectivity index (χ0) is 15.2. The standard InChI is InChI=1S/C16H25ClN2OS/c1-3-21-15-5-4-13(17)10-14(15)16(20)12(2)11-19-8-6-18-7-9-19/h4-5,10,12,16,18,20H,3,6-9,11H2,1-2H3. The number of aliphatic hydroxyl groups is 1. The van der Waals surface area contributed by atoms with Gasteiger partial charge in [0.2, 0.25) is 0 Å². The fourth-order valence-electron chi connectivity index (χ4n) is 2.74. The quantitative estimate of drug-likeness (QED) is 0.787. The molecule has 3 nitrogen and oxygen atoms in total. The third-order valence-corrected chi connectivity index (χ3v) is 5.09. The lowest BCUT2D eigenvalue weighted by molar-refractivity contribution is 0.0823. The molecule has 0 radical (unpaired) electrons. The van der Waals surface area contributed by atoms with E-state index in [9.17, 15) is 5.11 Å². The summed E-state index contributed by atoms with van der Waals surface area (Å²) in [6.45, 7) is 9.36. The van der Waals surface area contributed by atoms with E-state index in [1.807, 2.05) is 18.2 Å². The van der Waals surface area contributed by atoms with E-state index in [4.69, 9.17) is 11.6 Å². The highest BCUT2D eigenvalue weighted by Gasteiger charge is 2.23. The van der Waals surface area contributed by atoms with Crippen molar-refractivity contribution in [3.63, 3.8) is 0 Å². The third-order valence-electron chi connectivity index (χ3n) is 3.89. The lowest BCUT2D eigenvalue weighted by Crippen LogP contribution is -2.45. The number of piperazine rings is 1. The molecule has 0 spiro atoms. The Hall–Kier alpha value is -0.260. The van der Waals surface area contributed by atoms with E-state index in [0.29, 0.717) is 5.02 Å². The zero-order valence-electron chi connectivity index (χ0n) is 12.8. The summed E-state index contributed by atoms with van der Waals surface area (Å²) in [5.74, 6) is 1.19. The van der Waals surface area contributed by atoms with Crippen LogP contribution in [0.3, 0.4) is 0 Å². The summed E-state index contributed by atoms with van der Waals surface area (Å²) in [5.41, 5.74) is 0.969. The molecule has 1 aromatic rings. The van der Waals surface area contributed by atoms with Gasteiger partial charge in [0.15, 0.2) is 0 Å². The van der Waals surface area contributed by atoms with E-state index in [-0.39, 0.29) is 5.92 Å². The molecule has 1 aromatic carbocycles. The van der Waals surface area contributed by atoms with Gasteiger partial charge in [-0.1, -0.05) is 25.4 Å². The van der Waals surface area contributed by atoms with E-state index < -0.39 is 6.10 Å². The Kier molecular flexibility index (Phi) is 6.83. The van der Waals surface area contributed by atoms with Crippen molar-refractivity contribution in [1.82, 2.24) is 10.2 Å². The second-order valence-electron chi connectivity index (χ2n) is 5.59. The molecule has 2 N–H and O–H groups in total. The molecule has 0 bridgehead atoms. The van der Waals surface area contributed by atoms with Crippen molar-refractivity contribution < 1.29 is 5.11 Å². The minimum atomic E-state index is -0.465. The first kappa shape index (κ1) is 17.1. The van der Waals surface area contributed by atoms with Crippen LogP contribution in [0.15, 0.2) is 23.1 Å². The van der Waals surface area contributed by atoms with Crippen LogP contribution >= 0.6 is 23.4 Å². The fourth-order valence-corrected chi connectivity index (χ4v) is 3.75. The average molecular weight is 329 g/mol.